The van der Waals surface area contributed by atoms with Gasteiger partial charge in [0.15, 0.2) is 11.5 Å². The Kier molecular flexibility index (Phi) is 4.70. The summed E-state index contributed by atoms with van der Waals surface area (Å²) in [7, 11) is 0. The second-order valence-electron chi connectivity index (χ2n) is 7.39. The minimum absolute atomic E-state index is 0.0431. The van der Waals surface area contributed by atoms with E-state index in [2.05, 4.69) is 0 Å². The van der Waals surface area contributed by atoms with E-state index in [0.29, 0.717) is 25.1 Å². The summed E-state index contributed by atoms with van der Waals surface area (Å²) in [6.07, 6.45) is -0.534. The van der Waals surface area contributed by atoms with Crippen molar-refractivity contribution in [3.63, 3.8) is 0 Å². The first-order valence-corrected chi connectivity index (χ1v) is 8.52. The summed E-state index contributed by atoms with van der Waals surface area (Å²) in [5.74, 6) is -0.585. The lowest BCUT2D eigenvalue weighted by molar-refractivity contribution is 0.00431. The molecule has 1 aromatic rings. The molecule has 0 spiro atoms. The second kappa shape index (κ2) is 6.68. The van der Waals surface area contributed by atoms with Crippen LogP contribution in [0.3, 0.4) is 0 Å². The molecule has 0 aromatic heterocycles. The maximum atomic E-state index is 12.5. The highest BCUT2D eigenvalue weighted by molar-refractivity contribution is 5.91. The third-order valence-corrected chi connectivity index (χ3v) is 4.40. The number of hydrogen-bond donors (Lipinski definition) is 2. The monoisotopic (exact) mass is 365 g/mol. The fourth-order valence-electron chi connectivity index (χ4n) is 3.33. The average molecular weight is 365 g/mol. The summed E-state index contributed by atoms with van der Waals surface area (Å²) in [6.45, 7) is 5.70. The van der Waals surface area contributed by atoms with Gasteiger partial charge in [-0.15, -0.1) is 0 Å². The summed E-state index contributed by atoms with van der Waals surface area (Å²) >= 11 is 0. The molecule has 2 aliphatic heterocycles. The first-order valence-electron chi connectivity index (χ1n) is 8.52. The largest absolute Gasteiger partial charge is 0.478 e. The molecule has 0 aliphatic carbocycles. The number of rotatable bonds is 3. The van der Waals surface area contributed by atoms with E-state index in [0.717, 1.165) is 0 Å². The lowest BCUT2D eigenvalue weighted by Gasteiger charge is -2.31. The van der Waals surface area contributed by atoms with Gasteiger partial charge in [0.2, 0.25) is 6.79 Å². The number of aromatic carboxylic acids is 1. The molecule has 2 atom stereocenters. The summed E-state index contributed by atoms with van der Waals surface area (Å²) in [5, 5.41) is 20.5. The number of aliphatic hydroxyl groups excluding tert-OH is 1. The van der Waals surface area contributed by atoms with Crippen molar-refractivity contribution in [1.29, 1.82) is 0 Å². The highest BCUT2D eigenvalue weighted by Crippen LogP contribution is 2.44. The number of carboxylic acids is 1. The summed E-state index contributed by atoms with van der Waals surface area (Å²) in [4.78, 5) is 25.6. The molecule has 1 saturated heterocycles. The Morgan fingerprint density at radius 2 is 2.04 bits per heavy atom. The molecule has 0 radical (unpaired) electrons. The zero-order chi connectivity index (χ0) is 19.1. The Morgan fingerprint density at radius 3 is 2.69 bits per heavy atom. The van der Waals surface area contributed by atoms with Gasteiger partial charge in [-0.05, 0) is 45.7 Å². The predicted octanol–water partition coefficient (Wildman–Crippen LogP) is 2.55. The zero-order valence-corrected chi connectivity index (χ0v) is 15.0. The molecule has 8 heteroatoms. The van der Waals surface area contributed by atoms with E-state index in [1.54, 1.807) is 20.8 Å². The fraction of sp³-hybridized carbons (Fsp3) is 0.556. The van der Waals surface area contributed by atoms with Crippen molar-refractivity contribution in [2.45, 2.75) is 51.4 Å². The first-order chi connectivity index (χ1) is 12.2. The first kappa shape index (κ1) is 18.3. The van der Waals surface area contributed by atoms with Crippen LogP contribution < -0.4 is 9.47 Å². The van der Waals surface area contributed by atoms with Crippen molar-refractivity contribution in [2.75, 3.05) is 13.3 Å². The molecule has 26 heavy (non-hydrogen) atoms. The summed E-state index contributed by atoms with van der Waals surface area (Å²) in [5.41, 5.74) is -0.599. The van der Waals surface area contributed by atoms with E-state index in [1.807, 2.05) is 0 Å². The number of carbonyl (C=O) groups excluding carboxylic acids is 1. The van der Waals surface area contributed by atoms with Gasteiger partial charge in [0.05, 0.1) is 11.6 Å². The molecular weight excluding hydrogens is 342 g/mol. The molecule has 1 fully saturated rings. The van der Waals surface area contributed by atoms with Crippen molar-refractivity contribution >= 4 is 12.1 Å². The van der Waals surface area contributed by atoms with Gasteiger partial charge in [-0.3, -0.25) is 0 Å². The Labute approximate surface area is 151 Å². The quantitative estimate of drug-likeness (QED) is 0.848. The summed E-state index contributed by atoms with van der Waals surface area (Å²) in [6, 6.07) is 2.28. The molecule has 2 aliphatic rings. The molecule has 3 rings (SSSR count). The maximum Gasteiger partial charge on any atom is 0.410 e. The minimum atomic E-state index is -1.23. The molecule has 0 bridgehead atoms. The van der Waals surface area contributed by atoms with Gasteiger partial charge in [-0.1, -0.05) is 0 Å². The topological polar surface area (TPSA) is 106 Å². The van der Waals surface area contributed by atoms with Gasteiger partial charge >= 0.3 is 12.1 Å². The predicted molar refractivity (Wildman–Crippen MR) is 90.4 cm³/mol. The lowest BCUT2D eigenvalue weighted by atomic mass is 9.94. The van der Waals surface area contributed by atoms with Crippen LogP contribution in [0.5, 0.6) is 11.5 Å². The molecule has 142 valence electrons. The Balaban J connectivity index is 1.94. The number of fused-ring (bicyclic) bond motifs is 1. The number of aliphatic hydroxyl groups is 1. The van der Waals surface area contributed by atoms with Crippen molar-refractivity contribution in [1.82, 2.24) is 4.90 Å². The third-order valence-electron chi connectivity index (χ3n) is 4.40. The minimum Gasteiger partial charge on any atom is -0.478 e. The van der Waals surface area contributed by atoms with Gasteiger partial charge in [0, 0.05) is 12.1 Å². The van der Waals surface area contributed by atoms with Crippen LogP contribution in [-0.2, 0) is 4.74 Å². The van der Waals surface area contributed by atoms with Crippen LogP contribution in [0.1, 0.15) is 55.6 Å². The summed E-state index contributed by atoms with van der Waals surface area (Å²) < 4.78 is 16.1. The third kappa shape index (κ3) is 3.41. The van der Waals surface area contributed by atoms with E-state index in [9.17, 15) is 19.8 Å². The molecule has 0 saturated carbocycles. The van der Waals surface area contributed by atoms with Gasteiger partial charge in [-0.2, -0.15) is 0 Å². The van der Waals surface area contributed by atoms with Crippen LogP contribution in [0.25, 0.3) is 0 Å². The number of amides is 1. The van der Waals surface area contributed by atoms with Crippen LogP contribution in [0.2, 0.25) is 0 Å². The van der Waals surface area contributed by atoms with Gasteiger partial charge in [-0.25, -0.2) is 9.59 Å². The molecule has 8 nitrogen and oxygen atoms in total. The van der Waals surface area contributed by atoms with Crippen LogP contribution in [0.4, 0.5) is 4.79 Å². The Bertz CT molecular complexity index is 725. The SMILES string of the molecule is CC(C)(C)OC(=O)N1CCCC1C(O)c1c(C(=O)O)ccc2c1OCO2. The van der Waals surface area contributed by atoms with Crippen LogP contribution in [-0.4, -0.2) is 52.2 Å². The molecular formula is C18H23NO7. The molecule has 2 heterocycles. The number of benzene rings is 1. The number of hydrogen-bond acceptors (Lipinski definition) is 6. The van der Waals surface area contributed by atoms with Crippen LogP contribution in [0.15, 0.2) is 12.1 Å². The molecule has 2 unspecified atom stereocenters. The fourth-order valence-corrected chi connectivity index (χ4v) is 3.33. The van der Waals surface area contributed by atoms with Crippen molar-refractivity contribution < 1.29 is 34.0 Å². The Hall–Kier alpha value is -2.48. The zero-order valence-electron chi connectivity index (χ0n) is 15.0. The molecule has 1 amide bonds. The van der Waals surface area contributed by atoms with E-state index < -0.39 is 29.8 Å². The van der Waals surface area contributed by atoms with Gasteiger partial charge < -0.3 is 29.3 Å². The lowest BCUT2D eigenvalue weighted by Crippen LogP contribution is -2.42. The maximum absolute atomic E-state index is 12.5. The van der Waals surface area contributed by atoms with Crippen LogP contribution in [0, 0.1) is 0 Å². The molecule has 2 N–H and O–H groups in total. The smallest absolute Gasteiger partial charge is 0.410 e. The Morgan fingerprint density at radius 1 is 1.31 bits per heavy atom. The normalized spacial score (nSPS) is 20.2. The van der Waals surface area contributed by atoms with Crippen molar-refractivity contribution in [2.24, 2.45) is 0 Å². The van der Waals surface area contributed by atoms with E-state index in [4.69, 9.17) is 14.2 Å². The number of nitrogens with zero attached hydrogens (tertiary/aromatic N) is 1. The van der Waals surface area contributed by atoms with E-state index in [-0.39, 0.29) is 23.7 Å². The number of carboxylic acid groups (broad SMARTS) is 1. The van der Waals surface area contributed by atoms with Gasteiger partial charge in [0.1, 0.15) is 11.7 Å². The van der Waals surface area contributed by atoms with E-state index in [1.165, 1.54) is 17.0 Å². The van der Waals surface area contributed by atoms with Crippen LogP contribution >= 0.6 is 0 Å². The number of carbonyl (C=O) groups is 2. The van der Waals surface area contributed by atoms with Gasteiger partial charge in [0.25, 0.3) is 0 Å². The van der Waals surface area contributed by atoms with E-state index >= 15 is 0 Å². The standard InChI is InChI=1S/C18H23NO7/c1-18(2,3)26-17(23)19-8-4-5-11(19)14(20)13-10(16(21)22)6-7-12-15(13)25-9-24-12/h6-7,11,14,20H,4-5,8-9H2,1-3H3,(H,21,22). The highest BCUT2D eigenvalue weighted by atomic mass is 16.7. The highest BCUT2D eigenvalue weighted by Gasteiger charge is 2.40. The number of ether oxygens (including phenoxy) is 3. The molecule has 1 aromatic carbocycles. The van der Waals surface area contributed by atoms with Crippen molar-refractivity contribution in [3.8, 4) is 11.5 Å². The number of likely N-dealkylation sites (tertiary alicyclic amines) is 1. The average Bonchev–Trinajstić information content (AvgIpc) is 3.20. The van der Waals surface area contributed by atoms with Crippen molar-refractivity contribution in [3.05, 3.63) is 23.3 Å². The second-order valence-corrected chi connectivity index (χ2v) is 7.39.